The summed E-state index contributed by atoms with van der Waals surface area (Å²) in [6.07, 6.45) is 23.4. The number of aliphatic hydroxyl groups is 1. The van der Waals surface area contributed by atoms with Crippen LogP contribution in [-0.2, 0) is 4.79 Å². The van der Waals surface area contributed by atoms with Crippen molar-refractivity contribution in [2.45, 2.75) is 130 Å². The summed E-state index contributed by atoms with van der Waals surface area (Å²) in [7, 11) is 0. The van der Waals surface area contributed by atoms with E-state index < -0.39 is 0 Å². The van der Waals surface area contributed by atoms with Gasteiger partial charge in [-0.1, -0.05) is 91.2 Å². The van der Waals surface area contributed by atoms with E-state index in [1.807, 2.05) is 0 Å². The molecule has 0 radical (unpaired) electrons. The van der Waals surface area contributed by atoms with Crippen molar-refractivity contribution >= 4 is 6.29 Å². The third kappa shape index (κ3) is 23.4. The van der Waals surface area contributed by atoms with Gasteiger partial charge in [0.2, 0.25) is 0 Å². The summed E-state index contributed by atoms with van der Waals surface area (Å²) in [6, 6.07) is 0. The fraction of sp³-hybridized carbons (Fsp3) is 0.875. The number of allylic oxidation sites excluding steroid dienone is 2. The highest BCUT2D eigenvalue weighted by molar-refractivity contribution is 5.48. The summed E-state index contributed by atoms with van der Waals surface area (Å²) in [4.78, 5) is 10.1. The standard InChI is InChI=1S/C14H26O.C10H22O/c1-2-3-4-5-6-7-8-9-10-11-12-13-14-15;1-4-6-8-10(11)9(3)7-5-2/h3-4,14H,2,5-13H2,1H3;9-11H,4-8H2,1-3H3/b4-3-;. The van der Waals surface area contributed by atoms with Crippen molar-refractivity contribution in [3.8, 4) is 0 Å². The van der Waals surface area contributed by atoms with Gasteiger partial charge in [-0.3, -0.25) is 0 Å². The van der Waals surface area contributed by atoms with Gasteiger partial charge in [0.25, 0.3) is 0 Å². The number of rotatable bonds is 17. The Bertz CT molecular complexity index is 286. The first-order chi connectivity index (χ1) is 12.6. The number of carbonyl (C=O) groups is 1. The van der Waals surface area contributed by atoms with Gasteiger partial charge in [0.05, 0.1) is 6.10 Å². The van der Waals surface area contributed by atoms with Gasteiger partial charge in [-0.2, -0.15) is 0 Å². The molecule has 0 amide bonds. The van der Waals surface area contributed by atoms with Gasteiger partial charge in [-0.15, -0.1) is 0 Å². The Hall–Kier alpha value is -0.630. The van der Waals surface area contributed by atoms with E-state index in [0.717, 1.165) is 44.8 Å². The highest BCUT2D eigenvalue weighted by atomic mass is 16.3. The molecule has 0 spiro atoms. The average Bonchev–Trinajstić information content (AvgIpc) is 2.65. The maximum atomic E-state index is 10.1. The predicted molar refractivity (Wildman–Crippen MR) is 117 cm³/mol. The van der Waals surface area contributed by atoms with Crippen molar-refractivity contribution in [1.82, 2.24) is 0 Å². The van der Waals surface area contributed by atoms with E-state index in [1.54, 1.807) is 0 Å². The van der Waals surface area contributed by atoms with E-state index in [9.17, 15) is 9.90 Å². The van der Waals surface area contributed by atoms with E-state index in [-0.39, 0.29) is 6.10 Å². The molecule has 26 heavy (non-hydrogen) atoms. The van der Waals surface area contributed by atoms with Gasteiger partial charge in [0, 0.05) is 6.42 Å². The lowest BCUT2D eigenvalue weighted by atomic mass is 9.95. The third-order valence-corrected chi connectivity index (χ3v) is 4.85. The molecule has 0 saturated heterocycles. The molecule has 0 aromatic carbocycles. The first-order valence-corrected chi connectivity index (χ1v) is 11.4. The summed E-state index contributed by atoms with van der Waals surface area (Å²) in [5.41, 5.74) is 0. The van der Waals surface area contributed by atoms with Crippen molar-refractivity contribution in [3.05, 3.63) is 12.2 Å². The summed E-state index contributed by atoms with van der Waals surface area (Å²) < 4.78 is 0. The number of hydrogen-bond donors (Lipinski definition) is 1. The van der Waals surface area contributed by atoms with Gasteiger partial charge in [-0.05, 0) is 44.4 Å². The molecule has 2 atom stereocenters. The molecule has 0 fully saturated rings. The molecular formula is C24H48O2. The zero-order valence-corrected chi connectivity index (χ0v) is 18.3. The minimum absolute atomic E-state index is 0.0603. The fourth-order valence-electron chi connectivity index (χ4n) is 3.00. The van der Waals surface area contributed by atoms with Crippen LogP contribution in [0.25, 0.3) is 0 Å². The van der Waals surface area contributed by atoms with Gasteiger partial charge < -0.3 is 9.90 Å². The van der Waals surface area contributed by atoms with Crippen LogP contribution in [0.15, 0.2) is 12.2 Å². The maximum Gasteiger partial charge on any atom is 0.119 e. The molecule has 0 aliphatic heterocycles. The van der Waals surface area contributed by atoms with Crippen LogP contribution in [0.5, 0.6) is 0 Å². The van der Waals surface area contributed by atoms with Gasteiger partial charge in [0.15, 0.2) is 0 Å². The predicted octanol–water partition coefficient (Wildman–Crippen LogP) is 7.64. The lowest BCUT2D eigenvalue weighted by Crippen LogP contribution is -2.16. The van der Waals surface area contributed by atoms with Crippen LogP contribution in [0.4, 0.5) is 0 Å². The van der Waals surface area contributed by atoms with Gasteiger partial charge >= 0.3 is 0 Å². The van der Waals surface area contributed by atoms with Gasteiger partial charge in [-0.25, -0.2) is 0 Å². The molecule has 0 aromatic heterocycles. The molecule has 0 aromatic rings. The van der Waals surface area contributed by atoms with E-state index >= 15 is 0 Å². The normalized spacial score (nSPS) is 13.3. The van der Waals surface area contributed by atoms with Gasteiger partial charge in [0.1, 0.15) is 6.29 Å². The maximum absolute atomic E-state index is 10.1. The summed E-state index contributed by atoms with van der Waals surface area (Å²) >= 11 is 0. The Morgan fingerprint density at radius 1 is 0.731 bits per heavy atom. The van der Waals surface area contributed by atoms with Crippen LogP contribution in [0.2, 0.25) is 0 Å². The smallest absolute Gasteiger partial charge is 0.119 e. The van der Waals surface area contributed by atoms with E-state index in [4.69, 9.17) is 0 Å². The molecule has 0 saturated carbocycles. The second-order valence-electron chi connectivity index (χ2n) is 7.57. The molecule has 0 heterocycles. The van der Waals surface area contributed by atoms with Crippen molar-refractivity contribution < 1.29 is 9.90 Å². The van der Waals surface area contributed by atoms with Crippen LogP contribution in [0.3, 0.4) is 0 Å². The van der Waals surface area contributed by atoms with Crippen LogP contribution in [-0.4, -0.2) is 17.5 Å². The number of carbonyl (C=O) groups excluding carboxylic acids is 1. The van der Waals surface area contributed by atoms with Crippen LogP contribution >= 0.6 is 0 Å². The summed E-state index contributed by atoms with van der Waals surface area (Å²) in [6.45, 7) is 8.65. The van der Waals surface area contributed by atoms with Crippen molar-refractivity contribution in [3.63, 3.8) is 0 Å². The van der Waals surface area contributed by atoms with Crippen molar-refractivity contribution in [2.75, 3.05) is 0 Å². The number of aliphatic hydroxyl groups excluding tert-OH is 1. The number of hydrogen-bond acceptors (Lipinski definition) is 2. The Balaban J connectivity index is 0. The lowest BCUT2D eigenvalue weighted by molar-refractivity contribution is -0.107. The molecule has 2 nitrogen and oxygen atoms in total. The fourth-order valence-corrected chi connectivity index (χ4v) is 3.00. The number of unbranched alkanes of at least 4 members (excludes halogenated alkanes) is 9. The van der Waals surface area contributed by atoms with E-state index in [2.05, 4.69) is 39.8 Å². The first-order valence-electron chi connectivity index (χ1n) is 11.4. The summed E-state index contributed by atoms with van der Waals surface area (Å²) in [5, 5.41) is 9.58. The van der Waals surface area contributed by atoms with Crippen molar-refractivity contribution in [1.29, 1.82) is 0 Å². The monoisotopic (exact) mass is 368 g/mol. The molecule has 0 aliphatic carbocycles. The molecule has 2 unspecified atom stereocenters. The molecule has 2 heteroatoms. The highest BCUT2D eigenvalue weighted by Crippen LogP contribution is 2.15. The zero-order valence-electron chi connectivity index (χ0n) is 18.3. The molecule has 0 aliphatic rings. The minimum Gasteiger partial charge on any atom is -0.393 e. The average molecular weight is 369 g/mol. The lowest BCUT2D eigenvalue weighted by Gasteiger charge is -2.17. The van der Waals surface area contributed by atoms with Crippen molar-refractivity contribution in [2.24, 2.45) is 5.92 Å². The van der Waals surface area contributed by atoms with Crippen LogP contribution < -0.4 is 0 Å². The van der Waals surface area contributed by atoms with E-state index in [0.29, 0.717) is 5.92 Å². The Morgan fingerprint density at radius 3 is 1.81 bits per heavy atom. The minimum atomic E-state index is -0.0603. The highest BCUT2D eigenvalue weighted by Gasteiger charge is 2.11. The topological polar surface area (TPSA) is 37.3 Å². The largest absolute Gasteiger partial charge is 0.393 e. The Labute approximate surface area is 164 Å². The molecule has 0 bridgehead atoms. The third-order valence-electron chi connectivity index (χ3n) is 4.85. The van der Waals surface area contributed by atoms with E-state index in [1.165, 1.54) is 57.8 Å². The second-order valence-corrected chi connectivity index (χ2v) is 7.57. The molecular weight excluding hydrogens is 320 g/mol. The summed E-state index contributed by atoms with van der Waals surface area (Å²) in [5.74, 6) is 0.492. The molecule has 1 N–H and O–H groups in total. The zero-order chi connectivity index (χ0) is 19.9. The SMILES string of the molecule is CC/C=C\CCCCCCCCCC=O.CCCCC(O)C(C)CCC. The first kappa shape index (κ1) is 27.6. The van der Waals surface area contributed by atoms with Crippen LogP contribution in [0, 0.1) is 5.92 Å². The molecule has 0 rings (SSSR count). The second kappa shape index (κ2) is 24.4. The Kier molecular flexibility index (Phi) is 25.9. The number of aldehydes is 1. The quantitative estimate of drug-likeness (QED) is 0.163. The van der Waals surface area contributed by atoms with Crippen LogP contribution in [0.1, 0.15) is 124 Å². The Morgan fingerprint density at radius 2 is 1.31 bits per heavy atom. The molecule has 156 valence electrons.